The van der Waals surface area contributed by atoms with Gasteiger partial charge in [0.25, 0.3) is 11.8 Å². The lowest BCUT2D eigenvalue weighted by Crippen LogP contribution is -2.44. The Morgan fingerprint density at radius 3 is 2.46 bits per heavy atom. The Hall–Kier alpha value is -3.03. The third-order valence-electron chi connectivity index (χ3n) is 4.60. The molecule has 0 aliphatic carbocycles. The maximum atomic E-state index is 12.6. The molecular weight excluding hydrogens is 373 g/mol. The summed E-state index contributed by atoms with van der Waals surface area (Å²) in [5, 5.41) is 5.28. The number of carbonyl (C=O) groups is 2. The first-order valence-corrected chi connectivity index (χ1v) is 8.65. The van der Waals surface area contributed by atoms with E-state index in [1.54, 1.807) is 12.1 Å². The van der Waals surface area contributed by atoms with E-state index in [0.717, 1.165) is 23.3 Å². The molecule has 5 nitrogen and oxygen atoms in total. The highest BCUT2D eigenvalue weighted by molar-refractivity contribution is 5.98. The molecule has 2 N–H and O–H groups in total. The molecule has 0 saturated carbocycles. The molecule has 0 aromatic heterocycles. The van der Waals surface area contributed by atoms with Crippen LogP contribution in [0.15, 0.2) is 36.4 Å². The van der Waals surface area contributed by atoms with E-state index in [-0.39, 0.29) is 19.0 Å². The first-order valence-electron chi connectivity index (χ1n) is 8.65. The molecular formula is C20H19F3N2O3. The zero-order valence-corrected chi connectivity index (χ0v) is 15.3. The van der Waals surface area contributed by atoms with Gasteiger partial charge in [0, 0.05) is 6.54 Å². The molecule has 2 amide bonds. The van der Waals surface area contributed by atoms with Crippen LogP contribution in [0.25, 0.3) is 0 Å². The standard InChI is InChI=1S/C20H19F3N2O3/c1-11-7-15-16(8-12(11)2)28-17(10-25-18(15)26)19(27)24-9-13-3-5-14(6-4-13)20(21,22)23/h3-8,17H,9-10H2,1-2H3,(H,24,27)(H,25,26). The van der Waals surface area contributed by atoms with Gasteiger partial charge in [-0.3, -0.25) is 9.59 Å². The topological polar surface area (TPSA) is 67.4 Å². The van der Waals surface area contributed by atoms with Crippen LogP contribution in [-0.4, -0.2) is 24.5 Å². The van der Waals surface area contributed by atoms with Crippen molar-refractivity contribution in [3.8, 4) is 5.75 Å². The van der Waals surface area contributed by atoms with Crippen molar-refractivity contribution in [3.05, 3.63) is 64.2 Å². The van der Waals surface area contributed by atoms with E-state index in [4.69, 9.17) is 4.74 Å². The van der Waals surface area contributed by atoms with Crippen molar-refractivity contribution in [2.24, 2.45) is 0 Å². The summed E-state index contributed by atoms with van der Waals surface area (Å²) in [5.74, 6) is -0.463. The van der Waals surface area contributed by atoms with Gasteiger partial charge in [0.05, 0.1) is 17.7 Å². The lowest BCUT2D eigenvalue weighted by atomic mass is 10.0. The SMILES string of the molecule is Cc1cc2c(cc1C)C(=O)NCC(C(=O)NCc1ccc(C(F)(F)F)cc1)O2. The fourth-order valence-corrected chi connectivity index (χ4v) is 2.80. The van der Waals surface area contributed by atoms with Gasteiger partial charge in [-0.05, 0) is 54.8 Å². The van der Waals surface area contributed by atoms with E-state index in [1.807, 2.05) is 13.8 Å². The van der Waals surface area contributed by atoms with Crippen LogP contribution < -0.4 is 15.4 Å². The predicted molar refractivity (Wildman–Crippen MR) is 96.0 cm³/mol. The number of rotatable bonds is 3. The molecule has 0 radical (unpaired) electrons. The van der Waals surface area contributed by atoms with Gasteiger partial charge in [-0.15, -0.1) is 0 Å². The minimum Gasteiger partial charge on any atom is -0.478 e. The van der Waals surface area contributed by atoms with Crippen LogP contribution >= 0.6 is 0 Å². The first kappa shape index (κ1) is 19.7. The Morgan fingerprint density at radius 1 is 1.18 bits per heavy atom. The molecule has 0 spiro atoms. The van der Waals surface area contributed by atoms with Gasteiger partial charge >= 0.3 is 6.18 Å². The van der Waals surface area contributed by atoms with Gasteiger partial charge < -0.3 is 15.4 Å². The van der Waals surface area contributed by atoms with Gasteiger partial charge in [0.15, 0.2) is 6.10 Å². The number of ether oxygens (including phenoxy) is 1. The fourth-order valence-electron chi connectivity index (χ4n) is 2.80. The monoisotopic (exact) mass is 392 g/mol. The number of halogens is 3. The average Bonchev–Trinajstić information content (AvgIpc) is 2.79. The Kier molecular flexibility index (Phi) is 5.31. The van der Waals surface area contributed by atoms with Crippen LogP contribution in [0.4, 0.5) is 13.2 Å². The van der Waals surface area contributed by atoms with Gasteiger partial charge in [-0.1, -0.05) is 12.1 Å². The molecule has 1 atom stereocenters. The molecule has 0 fully saturated rings. The van der Waals surface area contributed by atoms with Crippen molar-refractivity contribution in [3.63, 3.8) is 0 Å². The number of aryl methyl sites for hydroxylation is 2. The maximum Gasteiger partial charge on any atom is 0.416 e. The highest BCUT2D eigenvalue weighted by Gasteiger charge is 2.30. The lowest BCUT2D eigenvalue weighted by Gasteiger charge is -2.17. The van der Waals surface area contributed by atoms with E-state index >= 15 is 0 Å². The Bertz CT molecular complexity index is 908. The number of alkyl halides is 3. The molecule has 3 rings (SSSR count). The van der Waals surface area contributed by atoms with Crippen LogP contribution in [0.5, 0.6) is 5.75 Å². The Morgan fingerprint density at radius 2 is 1.82 bits per heavy atom. The molecule has 0 saturated heterocycles. The molecule has 1 unspecified atom stereocenters. The number of hydrogen-bond donors (Lipinski definition) is 2. The van der Waals surface area contributed by atoms with E-state index < -0.39 is 23.8 Å². The van der Waals surface area contributed by atoms with Gasteiger partial charge in [-0.25, -0.2) is 0 Å². The Labute approximate surface area is 159 Å². The molecule has 1 aliphatic heterocycles. The summed E-state index contributed by atoms with van der Waals surface area (Å²) in [7, 11) is 0. The van der Waals surface area contributed by atoms with Crippen molar-refractivity contribution in [1.29, 1.82) is 0 Å². The summed E-state index contributed by atoms with van der Waals surface area (Å²) in [6, 6.07) is 7.96. The second kappa shape index (κ2) is 7.53. The first-order chi connectivity index (χ1) is 13.1. The van der Waals surface area contributed by atoms with Crippen LogP contribution in [0.3, 0.4) is 0 Å². The highest BCUT2D eigenvalue weighted by atomic mass is 19.4. The second-order valence-electron chi connectivity index (χ2n) is 6.66. The van der Waals surface area contributed by atoms with E-state index in [0.29, 0.717) is 16.9 Å². The molecule has 8 heteroatoms. The largest absolute Gasteiger partial charge is 0.478 e. The second-order valence-corrected chi connectivity index (χ2v) is 6.66. The number of amides is 2. The normalized spacial score (nSPS) is 16.5. The molecule has 2 aromatic carbocycles. The summed E-state index contributed by atoms with van der Waals surface area (Å²) in [5.41, 5.74) is 1.99. The smallest absolute Gasteiger partial charge is 0.416 e. The van der Waals surface area contributed by atoms with Crippen LogP contribution in [0, 0.1) is 13.8 Å². The van der Waals surface area contributed by atoms with Crippen LogP contribution in [0.2, 0.25) is 0 Å². The Balaban J connectivity index is 1.67. The summed E-state index contributed by atoms with van der Waals surface area (Å²) in [6.45, 7) is 3.79. The average molecular weight is 392 g/mol. The van der Waals surface area contributed by atoms with Crippen molar-refractivity contribution in [2.75, 3.05) is 6.54 Å². The van der Waals surface area contributed by atoms with Crippen molar-refractivity contribution in [2.45, 2.75) is 32.7 Å². The molecule has 1 aliphatic rings. The van der Waals surface area contributed by atoms with Gasteiger partial charge in [0.1, 0.15) is 5.75 Å². The number of nitrogens with one attached hydrogen (secondary N) is 2. The zero-order valence-electron chi connectivity index (χ0n) is 15.3. The van der Waals surface area contributed by atoms with Crippen LogP contribution in [-0.2, 0) is 17.5 Å². The third-order valence-corrected chi connectivity index (χ3v) is 4.60. The summed E-state index contributed by atoms with van der Waals surface area (Å²) in [6.07, 6.45) is -5.35. The fraction of sp³-hybridized carbons (Fsp3) is 0.300. The van der Waals surface area contributed by atoms with Crippen LogP contribution in [0.1, 0.15) is 32.6 Å². The summed E-state index contributed by atoms with van der Waals surface area (Å²) < 4.78 is 43.5. The van der Waals surface area contributed by atoms with Crippen molar-refractivity contribution >= 4 is 11.8 Å². The molecule has 2 aromatic rings. The van der Waals surface area contributed by atoms with E-state index in [1.165, 1.54) is 12.1 Å². The number of benzene rings is 2. The lowest BCUT2D eigenvalue weighted by molar-refractivity contribution is -0.137. The van der Waals surface area contributed by atoms with E-state index in [2.05, 4.69) is 10.6 Å². The summed E-state index contributed by atoms with van der Waals surface area (Å²) in [4.78, 5) is 24.7. The molecule has 148 valence electrons. The minimum absolute atomic E-state index is 0.00947. The quantitative estimate of drug-likeness (QED) is 0.844. The molecule has 28 heavy (non-hydrogen) atoms. The van der Waals surface area contributed by atoms with Gasteiger partial charge in [0.2, 0.25) is 0 Å². The zero-order chi connectivity index (χ0) is 20.5. The van der Waals surface area contributed by atoms with Crippen molar-refractivity contribution < 1.29 is 27.5 Å². The highest BCUT2D eigenvalue weighted by Crippen LogP contribution is 2.29. The molecule has 1 heterocycles. The maximum absolute atomic E-state index is 12.6. The van der Waals surface area contributed by atoms with E-state index in [9.17, 15) is 22.8 Å². The molecule has 0 bridgehead atoms. The number of fused-ring (bicyclic) bond motifs is 1. The predicted octanol–water partition coefficient (Wildman–Crippen LogP) is 3.13. The number of carbonyl (C=O) groups excluding carboxylic acids is 2. The number of hydrogen-bond acceptors (Lipinski definition) is 3. The summed E-state index contributed by atoms with van der Waals surface area (Å²) >= 11 is 0. The minimum atomic E-state index is -4.40. The van der Waals surface area contributed by atoms with Crippen molar-refractivity contribution in [1.82, 2.24) is 10.6 Å². The third kappa shape index (κ3) is 4.27. The van der Waals surface area contributed by atoms with Gasteiger partial charge in [-0.2, -0.15) is 13.2 Å².